The Labute approximate surface area is 129 Å². The second kappa shape index (κ2) is 6.34. The summed E-state index contributed by atoms with van der Waals surface area (Å²) in [6, 6.07) is 4.12. The molecule has 1 aliphatic carbocycles. The second-order valence-corrected chi connectivity index (χ2v) is 7.76. The molecule has 0 radical (unpaired) electrons. The van der Waals surface area contributed by atoms with E-state index in [-0.39, 0.29) is 40.0 Å². The van der Waals surface area contributed by atoms with Gasteiger partial charge in [-0.1, -0.05) is 18.0 Å². The molecule has 1 aromatic carbocycles. The maximum atomic E-state index is 12.2. The van der Waals surface area contributed by atoms with Crippen molar-refractivity contribution in [1.82, 2.24) is 5.32 Å². The second-order valence-electron chi connectivity index (χ2n) is 5.37. The maximum Gasteiger partial charge on any atom is 0.251 e. The molecule has 0 aliphatic heterocycles. The van der Waals surface area contributed by atoms with E-state index in [0.29, 0.717) is 0 Å². The summed E-state index contributed by atoms with van der Waals surface area (Å²) in [4.78, 5) is 12.2. The Morgan fingerprint density at radius 1 is 1.43 bits per heavy atom. The van der Waals surface area contributed by atoms with Gasteiger partial charge >= 0.3 is 0 Å². The molecule has 2 unspecified atom stereocenters. The number of carbonyl (C=O) groups excluding carboxylic acids is 1. The minimum Gasteiger partial charge on any atom is -0.396 e. The molecule has 21 heavy (non-hydrogen) atoms. The van der Waals surface area contributed by atoms with Gasteiger partial charge in [0.2, 0.25) is 0 Å². The summed E-state index contributed by atoms with van der Waals surface area (Å²) in [6.45, 7) is 0.0418. The van der Waals surface area contributed by atoms with E-state index >= 15 is 0 Å². The van der Waals surface area contributed by atoms with Crippen molar-refractivity contribution in [2.24, 2.45) is 5.92 Å². The number of halogens is 1. The van der Waals surface area contributed by atoms with E-state index in [4.69, 9.17) is 11.6 Å². The zero-order chi connectivity index (χ0) is 15.6. The van der Waals surface area contributed by atoms with Crippen LogP contribution in [0.5, 0.6) is 0 Å². The van der Waals surface area contributed by atoms with Gasteiger partial charge in [-0.05, 0) is 31.0 Å². The van der Waals surface area contributed by atoms with E-state index in [2.05, 4.69) is 5.32 Å². The molecular formula is C14H18ClNO4S. The lowest BCUT2D eigenvalue weighted by Crippen LogP contribution is -2.38. The van der Waals surface area contributed by atoms with Crippen molar-refractivity contribution in [2.45, 2.75) is 30.2 Å². The fourth-order valence-corrected chi connectivity index (χ4v) is 3.93. The Hall–Kier alpha value is -1.11. The van der Waals surface area contributed by atoms with Crippen LogP contribution in [0.15, 0.2) is 23.1 Å². The fourth-order valence-electron chi connectivity index (χ4n) is 2.63. The van der Waals surface area contributed by atoms with Crippen molar-refractivity contribution < 1.29 is 18.3 Å². The number of aliphatic hydroxyl groups is 1. The predicted octanol–water partition coefficient (Wildman–Crippen LogP) is 1.63. The number of benzene rings is 1. The van der Waals surface area contributed by atoms with Crippen LogP contribution in [0.25, 0.3) is 0 Å². The molecule has 0 saturated heterocycles. The zero-order valence-electron chi connectivity index (χ0n) is 11.7. The van der Waals surface area contributed by atoms with E-state index in [0.717, 1.165) is 25.5 Å². The molecule has 2 N–H and O–H groups in total. The van der Waals surface area contributed by atoms with Crippen LogP contribution in [0.1, 0.15) is 29.6 Å². The molecule has 1 aromatic rings. The Kier molecular flexibility index (Phi) is 4.91. The van der Waals surface area contributed by atoms with Gasteiger partial charge in [0.1, 0.15) is 0 Å². The van der Waals surface area contributed by atoms with E-state index in [1.165, 1.54) is 18.2 Å². The van der Waals surface area contributed by atoms with Crippen LogP contribution < -0.4 is 5.32 Å². The first-order chi connectivity index (χ1) is 9.82. The Bertz CT molecular complexity index is 644. The lowest BCUT2D eigenvalue weighted by molar-refractivity contribution is 0.0916. The van der Waals surface area contributed by atoms with Crippen LogP contribution in [0.3, 0.4) is 0 Å². The smallest absolute Gasteiger partial charge is 0.251 e. The first kappa shape index (κ1) is 16.3. The van der Waals surface area contributed by atoms with E-state index < -0.39 is 9.84 Å². The number of nitrogens with one attached hydrogen (secondary N) is 1. The van der Waals surface area contributed by atoms with Gasteiger partial charge in [0, 0.05) is 30.4 Å². The highest BCUT2D eigenvalue weighted by atomic mass is 35.5. The number of carbonyl (C=O) groups is 1. The fraction of sp³-hybridized carbons (Fsp3) is 0.500. The van der Waals surface area contributed by atoms with Gasteiger partial charge in [-0.25, -0.2) is 8.42 Å². The van der Waals surface area contributed by atoms with E-state index in [1.54, 1.807) is 0 Å². The Morgan fingerprint density at radius 2 is 2.14 bits per heavy atom. The average Bonchev–Trinajstić information content (AvgIpc) is 2.85. The van der Waals surface area contributed by atoms with Crippen molar-refractivity contribution in [3.63, 3.8) is 0 Å². The summed E-state index contributed by atoms with van der Waals surface area (Å²) >= 11 is 5.86. The monoisotopic (exact) mass is 331 g/mol. The maximum absolute atomic E-state index is 12.2. The summed E-state index contributed by atoms with van der Waals surface area (Å²) in [5.41, 5.74) is 0.253. The van der Waals surface area contributed by atoms with Crippen molar-refractivity contribution in [3.05, 3.63) is 28.8 Å². The third kappa shape index (κ3) is 3.75. The highest BCUT2D eigenvalue weighted by molar-refractivity contribution is 7.90. The largest absolute Gasteiger partial charge is 0.396 e. The normalized spacial score (nSPS) is 22.2. The average molecular weight is 332 g/mol. The predicted molar refractivity (Wildman–Crippen MR) is 80.2 cm³/mol. The molecule has 1 aliphatic rings. The first-order valence-electron chi connectivity index (χ1n) is 6.74. The number of aliphatic hydroxyl groups excluding tert-OH is 1. The number of hydrogen-bond donors (Lipinski definition) is 2. The number of sulfone groups is 1. The van der Waals surface area contributed by atoms with Gasteiger partial charge in [0.25, 0.3) is 5.91 Å². The molecule has 1 saturated carbocycles. The summed E-state index contributed by atoms with van der Waals surface area (Å²) in [5, 5.41) is 12.2. The van der Waals surface area contributed by atoms with Gasteiger partial charge in [0.05, 0.1) is 9.92 Å². The van der Waals surface area contributed by atoms with Crippen LogP contribution in [0, 0.1) is 5.92 Å². The van der Waals surface area contributed by atoms with Crippen molar-refractivity contribution >= 4 is 27.3 Å². The number of hydrogen-bond acceptors (Lipinski definition) is 4. The number of rotatable bonds is 4. The highest BCUT2D eigenvalue weighted by Gasteiger charge is 2.28. The molecule has 0 heterocycles. The third-order valence-corrected chi connectivity index (χ3v) is 5.38. The van der Waals surface area contributed by atoms with Crippen LogP contribution in [-0.2, 0) is 9.84 Å². The quantitative estimate of drug-likeness (QED) is 0.878. The minimum absolute atomic E-state index is 0.0418. The van der Waals surface area contributed by atoms with Crippen LogP contribution >= 0.6 is 11.6 Å². The minimum atomic E-state index is -3.48. The highest BCUT2D eigenvalue weighted by Crippen LogP contribution is 2.26. The molecule has 7 heteroatoms. The molecule has 2 atom stereocenters. The van der Waals surface area contributed by atoms with Crippen molar-refractivity contribution in [3.8, 4) is 0 Å². The van der Waals surface area contributed by atoms with Crippen LogP contribution in [0.4, 0.5) is 0 Å². The molecule has 116 valence electrons. The number of amides is 1. The van der Waals surface area contributed by atoms with Gasteiger partial charge in [0.15, 0.2) is 9.84 Å². The summed E-state index contributed by atoms with van der Waals surface area (Å²) in [6.07, 6.45) is 3.72. The SMILES string of the molecule is CS(=O)(=O)c1cc(C(=O)NC2CCCC2CO)ccc1Cl. The van der Waals surface area contributed by atoms with Crippen LogP contribution in [0.2, 0.25) is 5.02 Å². The molecular weight excluding hydrogens is 314 g/mol. The van der Waals surface area contributed by atoms with Gasteiger partial charge in [-0.15, -0.1) is 0 Å². The molecule has 2 rings (SSSR count). The molecule has 0 bridgehead atoms. The Balaban J connectivity index is 2.20. The molecule has 1 amide bonds. The lowest BCUT2D eigenvalue weighted by atomic mass is 10.0. The third-order valence-electron chi connectivity index (χ3n) is 3.80. The van der Waals surface area contributed by atoms with Gasteiger partial charge in [-0.3, -0.25) is 4.79 Å². The summed E-state index contributed by atoms with van der Waals surface area (Å²) in [5.74, 6) is -0.280. The van der Waals surface area contributed by atoms with E-state index in [9.17, 15) is 18.3 Å². The first-order valence-corrected chi connectivity index (χ1v) is 9.01. The van der Waals surface area contributed by atoms with E-state index in [1.807, 2.05) is 0 Å². The topological polar surface area (TPSA) is 83.5 Å². The zero-order valence-corrected chi connectivity index (χ0v) is 13.2. The van der Waals surface area contributed by atoms with Gasteiger partial charge < -0.3 is 10.4 Å². The van der Waals surface area contributed by atoms with Crippen molar-refractivity contribution in [2.75, 3.05) is 12.9 Å². The van der Waals surface area contributed by atoms with Gasteiger partial charge in [-0.2, -0.15) is 0 Å². The summed E-state index contributed by atoms with van der Waals surface area (Å²) < 4.78 is 23.2. The lowest BCUT2D eigenvalue weighted by Gasteiger charge is -2.19. The van der Waals surface area contributed by atoms with Crippen LogP contribution in [-0.4, -0.2) is 38.3 Å². The summed E-state index contributed by atoms with van der Waals surface area (Å²) in [7, 11) is -3.48. The molecule has 1 fully saturated rings. The molecule has 0 spiro atoms. The standard InChI is InChI=1S/C14H18ClNO4S/c1-21(19,20)13-7-9(5-6-11(13)15)14(18)16-12-4-2-3-10(12)8-17/h5-7,10,12,17H,2-4,8H2,1H3,(H,16,18). The Morgan fingerprint density at radius 3 is 2.76 bits per heavy atom. The molecule has 0 aromatic heterocycles. The van der Waals surface area contributed by atoms with Crippen molar-refractivity contribution in [1.29, 1.82) is 0 Å². The molecule has 5 nitrogen and oxygen atoms in total.